The molecule has 0 aromatic heterocycles. The monoisotopic (exact) mass is 444 g/mol. The van der Waals surface area contributed by atoms with Crippen LogP contribution in [0.2, 0.25) is 0 Å². The Balaban J connectivity index is 1.92. The van der Waals surface area contributed by atoms with Crippen molar-refractivity contribution in [3.8, 4) is 11.5 Å². The number of hydrogen-bond donors (Lipinski definition) is 1. The first-order chi connectivity index (χ1) is 13.4. The van der Waals surface area contributed by atoms with E-state index < -0.39 is 11.9 Å². The van der Waals surface area contributed by atoms with E-state index in [2.05, 4.69) is 21.2 Å². The number of urea groups is 1. The Morgan fingerprint density at radius 3 is 2.57 bits per heavy atom. The summed E-state index contributed by atoms with van der Waals surface area (Å²) in [5, 5.41) is 2.62. The van der Waals surface area contributed by atoms with Crippen LogP contribution in [0.25, 0.3) is 6.08 Å². The van der Waals surface area contributed by atoms with Crippen LogP contribution >= 0.6 is 15.9 Å². The minimum absolute atomic E-state index is 0.0320. The molecule has 28 heavy (non-hydrogen) atoms. The number of halogens is 1. The predicted octanol–water partition coefficient (Wildman–Crippen LogP) is 4.73. The Bertz CT molecular complexity index is 928. The lowest BCUT2D eigenvalue weighted by atomic mass is 10.1. The van der Waals surface area contributed by atoms with Gasteiger partial charge < -0.3 is 14.8 Å². The second kappa shape index (κ2) is 8.48. The van der Waals surface area contributed by atoms with Crippen molar-refractivity contribution in [3.63, 3.8) is 0 Å². The van der Waals surface area contributed by atoms with Gasteiger partial charge in [0, 0.05) is 0 Å². The fourth-order valence-corrected chi connectivity index (χ4v) is 3.29. The molecule has 3 amide bonds. The summed E-state index contributed by atoms with van der Waals surface area (Å²) in [6, 6.07) is 11.9. The molecule has 0 saturated carbocycles. The first-order valence-corrected chi connectivity index (χ1v) is 9.70. The van der Waals surface area contributed by atoms with Crippen LogP contribution in [0, 0.1) is 0 Å². The molecule has 0 unspecified atom stereocenters. The zero-order valence-corrected chi connectivity index (χ0v) is 17.4. The van der Waals surface area contributed by atoms with E-state index in [1.54, 1.807) is 43.5 Å². The maximum Gasteiger partial charge on any atom is 0.333 e. The predicted molar refractivity (Wildman–Crippen MR) is 112 cm³/mol. The van der Waals surface area contributed by atoms with Crippen molar-refractivity contribution in [2.45, 2.75) is 26.4 Å². The number of carbonyl (C=O) groups is 2. The van der Waals surface area contributed by atoms with Gasteiger partial charge in [0.2, 0.25) is 0 Å². The van der Waals surface area contributed by atoms with Gasteiger partial charge in [-0.25, -0.2) is 9.69 Å². The molecule has 3 rings (SSSR count). The number of imide groups is 1. The summed E-state index contributed by atoms with van der Waals surface area (Å²) in [5.74, 6) is 0.733. The molecule has 1 fully saturated rings. The highest BCUT2D eigenvalue weighted by Crippen LogP contribution is 2.38. The summed E-state index contributed by atoms with van der Waals surface area (Å²) in [7, 11) is 1.56. The quantitative estimate of drug-likeness (QED) is 0.516. The van der Waals surface area contributed by atoms with Gasteiger partial charge in [-0.1, -0.05) is 25.1 Å². The number of nitrogens with one attached hydrogen (secondary N) is 1. The maximum atomic E-state index is 12.7. The molecule has 1 aliphatic rings. The Hall–Kier alpha value is -2.80. The van der Waals surface area contributed by atoms with Crippen molar-refractivity contribution >= 4 is 39.6 Å². The normalized spacial score (nSPS) is 16.3. The number of para-hydroxylation sites is 1. The number of methoxy groups -OCH3 is 1. The van der Waals surface area contributed by atoms with Crippen LogP contribution in [0.4, 0.5) is 10.5 Å². The van der Waals surface area contributed by atoms with Crippen LogP contribution < -0.4 is 19.7 Å². The summed E-state index contributed by atoms with van der Waals surface area (Å²) in [6.45, 7) is 4.02. The van der Waals surface area contributed by atoms with Crippen LogP contribution in [0.1, 0.15) is 25.8 Å². The van der Waals surface area contributed by atoms with E-state index in [1.807, 2.05) is 26.0 Å². The highest BCUT2D eigenvalue weighted by atomic mass is 79.9. The van der Waals surface area contributed by atoms with E-state index in [4.69, 9.17) is 9.47 Å². The van der Waals surface area contributed by atoms with E-state index in [9.17, 15) is 9.59 Å². The molecule has 7 heteroatoms. The fourth-order valence-electron chi connectivity index (χ4n) is 2.74. The van der Waals surface area contributed by atoms with E-state index in [0.717, 1.165) is 11.3 Å². The molecule has 0 aliphatic carbocycles. The Morgan fingerprint density at radius 1 is 1.21 bits per heavy atom. The molecule has 1 atom stereocenters. The van der Waals surface area contributed by atoms with Crippen molar-refractivity contribution in [3.05, 3.63) is 58.2 Å². The number of amides is 3. The summed E-state index contributed by atoms with van der Waals surface area (Å²) >= 11 is 3.50. The van der Waals surface area contributed by atoms with Gasteiger partial charge in [0.05, 0.1) is 23.4 Å². The summed E-state index contributed by atoms with van der Waals surface area (Å²) in [6.07, 6.45) is 2.50. The average molecular weight is 445 g/mol. The average Bonchev–Trinajstić information content (AvgIpc) is 2.97. The molecule has 1 N–H and O–H groups in total. The lowest BCUT2D eigenvalue weighted by molar-refractivity contribution is -0.113. The molecule has 1 saturated heterocycles. The minimum Gasteiger partial charge on any atom is -0.493 e. The molecule has 2 aromatic rings. The highest BCUT2D eigenvalue weighted by Gasteiger charge is 2.34. The molecule has 1 heterocycles. The molecule has 146 valence electrons. The first kappa shape index (κ1) is 19.9. The molecule has 1 aliphatic heterocycles. The number of nitrogens with zero attached hydrogens (tertiary/aromatic N) is 1. The zero-order valence-electron chi connectivity index (χ0n) is 15.9. The maximum absolute atomic E-state index is 12.7. The van der Waals surface area contributed by atoms with Gasteiger partial charge in [0.15, 0.2) is 11.5 Å². The third kappa shape index (κ3) is 4.04. The summed E-state index contributed by atoms with van der Waals surface area (Å²) in [4.78, 5) is 26.1. The van der Waals surface area contributed by atoms with E-state index in [-0.39, 0.29) is 11.8 Å². The fraction of sp³-hybridized carbons (Fsp3) is 0.238. The highest BCUT2D eigenvalue weighted by molar-refractivity contribution is 9.10. The topological polar surface area (TPSA) is 67.9 Å². The van der Waals surface area contributed by atoms with Crippen LogP contribution in [0.5, 0.6) is 11.5 Å². The molecular weight excluding hydrogens is 424 g/mol. The van der Waals surface area contributed by atoms with Crippen LogP contribution in [0.3, 0.4) is 0 Å². The number of carbonyl (C=O) groups excluding carboxylic acids is 2. The second-order valence-electron chi connectivity index (χ2n) is 6.34. The number of hydrogen-bond acceptors (Lipinski definition) is 4. The lowest BCUT2D eigenvalue weighted by Gasteiger charge is -2.17. The SMILES string of the molecule is CC[C@H](C)Oc1c(Br)cc(/C=C2/NC(=O)N(c3ccccc3)C2=O)cc1OC. The third-order valence-corrected chi connectivity index (χ3v) is 4.94. The van der Waals surface area contributed by atoms with Crippen LogP contribution in [-0.4, -0.2) is 25.2 Å². The molecule has 0 spiro atoms. The van der Waals surface area contributed by atoms with Crippen LogP contribution in [-0.2, 0) is 4.79 Å². The van der Waals surface area contributed by atoms with Gasteiger partial charge in [0.25, 0.3) is 5.91 Å². The number of rotatable bonds is 6. The Kier molecular flexibility index (Phi) is 6.04. The van der Waals surface area contributed by atoms with Crippen molar-refractivity contribution in [1.29, 1.82) is 0 Å². The number of anilines is 1. The third-order valence-electron chi connectivity index (χ3n) is 4.35. The molecule has 0 bridgehead atoms. The van der Waals surface area contributed by atoms with E-state index in [0.29, 0.717) is 27.2 Å². The molecular formula is C21H21BrN2O4. The smallest absolute Gasteiger partial charge is 0.333 e. The Labute approximate surface area is 172 Å². The largest absolute Gasteiger partial charge is 0.493 e. The van der Waals surface area contributed by atoms with Gasteiger partial charge in [0.1, 0.15) is 5.70 Å². The summed E-state index contributed by atoms with van der Waals surface area (Å²) < 4.78 is 12.1. The van der Waals surface area contributed by atoms with Crippen molar-refractivity contribution in [1.82, 2.24) is 5.32 Å². The molecule has 6 nitrogen and oxygen atoms in total. The van der Waals surface area contributed by atoms with Gasteiger partial charge in [-0.05, 0) is 65.2 Å². The van der Waals surface area contributed by atoms with Gasteiger partial charge in [-0.3, -0.25) is 4.79 Å². The Morgan fingerprint density at radius 2 is 1.93 bits per heavy atom. The van der Waals surface area contributed by atoms with Crippen molar-refractivity contribution < 1.29 is 19.1 Å². The zero-order chi connectivity index (χ0) is 20.3. The number of ether oxygens (including phenoxy) is 2. The van der Waals surface area contributed by atoms with E-state index >= 15 is 0 Å². The first-order valence-electron chi connectivity index (χ1n) is 8.91. The molecule has 0 radical (unpaired) electrons. The van der Waals surface area contributed by atoms with Gasteiger partial charge in [-0.2, -0.15) is 0 Å². The lowest BCUT2D eigenvalue weighted by Crippen LogP contribution is -2.30. The molecule has 2 aromatic carbocycles. The van der Waals surface area contributed by atoms with Crippen LogP contribution in [0.15, 0.2) is 52.6 Å². The van der Waals surface area contributed by atoms with E-state index in [1.165, 1.54) is 0 Å². The number of benzene rings is 2. The standard InChI is InChI=1S/C21H21BrN2O4/c1-4-13(2)28-19-16(22)10-14(12-18(19)27-3)11-17-20(25)24(21(26)23-17)15-8-6-5-7-9-15/h5-13H,4H2,1-3H3,(H,23,26)/b17-11+/t13-/m0/s1. The van der Waals surface area contributed by atoms with Gasteiger partial charge >= 0.3 is 6.03 Å². The minimum atomic E-state index is -0.481. The van der Waals surface area contributed by atoms with Crippen molar-refractivity contribution in [2.75, 3.05) is 12.0 Å². The van der Waals surface area contributed by atoms with Crippen molar-refractivity contribution in [2.24, 2.45) is 0 Å². The second-order valence-corrected chi connectivity index (χ2v) is 7.19. The van der Waals surface area contributed by atoms with Gasteiger partial charge in [-0.15, -0.1) is 0 Å². The summed E-state index contributed by atoms with van der Waals surface area (Å²) in [5.41, 5.74) is 1.40.